The molecule has 1 heterocycles. The maximum Gasteiger partial charge on any atom is 0.275 e. The fourth-order valence-corrected chi connectivity index (χ4v) is 2.15. The van der Waals surface area contributed by atoms with Crippen LogP contribution in [0.15, 0.2) is 53.5 Å². The molecular formula is C17H12N2O. The van der Waals surface area contributed by atoms with Gasteiger partial charge in [0.15, 0.2) is 0 Å². The van der Waals surface area contributed by atoms with Crippen molar-refractivity contribution < 1.29 is 4.79 Å². The van der Waals surface area contributed by atoms with Gasteiger partial charge in [-0.1, -0.05) is 36.3 Å². The van der Waals surface area contributed by atoms with Gasteiger partial charge < -0.3 is 5.32 Å². The third kappa shape index (κ3) is 2.08. The Morgan fingerprint density at radius 2 is 1.80 bits per heavy atom. The lowest BCUT2D eigenvalue weighted by molar-refractivity contribution is -0.110. The number of hydrogen-bond donors (Lipinski definition) is 1. The molecule has 0 aromatic heterocycles. The van der Waals surface area contributed by atoms with Gasteiger partial charge in [0.1, 0.15) is 5.71 Å². The summed E-state index contributed by atoms with van der Waals surface area (Å²) in [6.07, 6.45) is 0. The molecule has 0 bridgehead atoms. The van der Waals surface area contributed by atoms with Crippen molar-refractivity contribution in [3.8, 4) is 11.8 Å². The minimum Gasteiger partial charge on any atom is -0.320 e. The van der Waals surface area contributed by atoms with E-state index >= 15 is 0 Å². The fraction of sp³-hybridized carbons (Fsp3) is 0.0588. The Morgan fingerprint density at radius 1 is 1.05 bits per heavy atom. The highest BCUT2D eigenvalue weighted by atomic mass is 16.2. The van der Waals surface area contributed by atoms with E-state index in [2.05, 4.69) is 22.2 Å². The van der Waals surface area contributed by atoms with Gasteiger partial charge in [0, 0.05) is 5.56 Å². The van der Waals surface area contributed by atoms with E-state index in [-0.39, 0.29) is 5.91 Å². The van der Waals surface area contributed by atoms with Crippen LogP contribution in [0.25, 0.3) is 0 Å². The number of fused-ring (bicyclic) bond motifs is 1. The van der Waals surface area contributed by atoms with Crippen LogP contribution >= 0.6 is 0 Å². The number of rotatable bonds is 1. The standard InChI is InChI=1S/C17H12N2O/c1-2-7-12-8-3-5-10-14(12)18-16-13-9-4-6-11-15(13)19-17(16)20/h3-6,8-11H,1H3,(H,18,19,20). The Bertz CT molecular complexity index is 779. The zero-order valence-electron chi connectivity index (χ0n) is 11.0. The van der Waals surface area contributed by atoms with Crippen LogP contribution in [-0.4, -0.2) is 11.6 Å². The summed E-state index contributed by atoms with van der Waals surface area (Å²) in [5.74, 6) is 5.68. The molecule has 0 saturated heterocycles. The van der Waals surface area contributed by atoms with Gasteiger partial charge in [-0.05, 0) is 25.1 Å². The first-order valence-electron chi connectivity index (χ1n) is 6.31. The zero-order valence-corrected chi connectivity index (χ0v) is 11.0. The summed E-state index contributed by atoms with van der Waals surface area (Å²) in [6.45, 7) is 1.78. The Morgan fingerprint density at radius 3 is 2.65 bits per heavy atom. The van der Waals surface area contributed by atoms with Gasteiger partial charge in [-0.25, -0.2) is 4.99 Å². The molecule has 2 aromatic carbocycles. The number of nitrogens with zero attached hydrogens (tertiary/aromatic N) is 1. The number of carbonyl (C=O) groups is 1. The van der Waals surface area contributed by atoms with Gasteiger partial charge >= 0.3 is 0 Å². The summed E-state index contributed by atoms with van der Waals surface area (Å²) < 4.78 is 0. The minimum absolute atomic E-state index is 0.175. The second-order valence-electron chi connectivity index (χ2n) is 4.35. The second kappa shape index (κ2) is 5.02. The lowest BCUT2D eigenvalue weighted by Crippen LogP contribution is -2.14. The van der Waals surface area contributed by atoms with E-state index in [9.17, 15) is 4.79 Å². The van der Waals surface area contributed by atoms with Crippen molar-refractivity contribution in [2.24, 2.45) is 4.99 Å². The zero-order chi connectivity index (χ0) is 13.9. The highest BCUT2D eigenvalue weighted by Gasteiger charge is 2.25. The number of amides is 1. The summed E-state index contributed by atoms with van der Waals surface area (Å²) in [7, 11) is 0. The molecule has 3 rings (SSSR count). The number of hydrogen-bond acceptors (Lipinski definition) is 2. The average molecular weight is 260 g/mol. The van der Waals surface area contributed by atoms with Crippen LogP contribution in [0.2, 0.25) is 0 Å². The van der Waals surface area contributed by atoms with E-state index in [0.717, 1.165) is 16.8 Å². The van der Waals surface area contributed by atoms with Crippen LogP contribution in [-0.2, 0) is 4.79 Å². The van der Waals surface area contributed by atoms with Crippen LogP contribution in [0, 0.1) is 11.8 Å². The molecule has 1 aliphatic rings. The summed E-state index contributed by atoms with van der Waals surface area (Å²) in [5, 5.41) is 2.81. The molecule has 2 aromatic rings. The Balaban J connectivity index is 2.13. The first kappa shape index (κ1) is 12.2. The highest BCUT2D eigenvalue weighted by molar-refractivity contribution is 6.54. The third-order valence-corrected chi connectivity index (χ3v) is 3.04. The number of benzene rings is 2. The van der Waals surface area contributed by atoms with Gasteiger partial charge in [-0.15, -0.1) is 5.92 Å². The van der Waals surface area contributed by atoms with Crippen LogP contribution < -0.4 is 5.32 Å². The van der Waals surface area contributed by atoms with E-state index in [1.54, 1.807) is 6.92 Å². The van der Waals surface area contributed by atoms with Gasteiger partial charge in [0.25, 0.3) is 5.91 Å². The van der Waals surface area contributed by atoms with Crippen LogP contribution in [0.5, 0.6) is 0 Å². The minimum atomic E-state index is -0.175. The molecule has 3 nitrogen and oxygen atoms in total. The molecule has 1 amide bonds. The molecule has 1 aliphatic heterocycles. The lowest BCUT2D eigenvalue weighted by Gasteiger charge is -2.00. The van der Waals surface area contributed by atoms with Crippen molar-refractivity contribution in [3.63, 3.8) is 0 Å². The van der Waals surface area contributed by atoms with Gasteiger partial charge in [0.2, 0.25) is 0 Å². The second-order valence-corrected chi connectivity index (χ2v) is 4.35. The van der Waals surface area contributed by atoms with Gasteiger partial charge in [-0.3, -0.25) is 4.79 Å². The van der Waals surface area contributed by atoms with E-state index in [1.165, 1.54) is 0 Å². The summed E-state index contributed by atoms with van der Waals surface area (Å²) >= 11 is 0. The van der Waals surface area contributed by atoms with Crippen molar-refractivity contribution in [2.75, 3.05) is 5.32 Å². The smallest absolute Gasteiger partial charge is 0.275 e. The quantitative estimate of drug-likeness (QED) is 0.786. The monoisotopic (exact) mass is 260 g/mol. The van der Waals surface area contributed by atoms with Gasteiger partial charge in [0.05, 0.1) is 16.9 Å². The van der Waals surface area contributed by atoms with Crippen molar-refractivity contribution in [3.05, 3.63) is 59.7 Å². The average Bonchev–Trinajstić information content (AvgIpc) is 2.78. The van der Waals surface area contributed by atoms with E-state index in [1.807, 2.05) is 48.5 Å². The first-order valence-corrected chi connectivity index (χ1v) is 6.31. The SMILES string of the molecule is CC#Cc1ccccc1N=C1C(=O)Nc2ccccc21. The Kier molecular flexibility index (Phi) is 3.06. The topological polar surface area (TPSA) is 41.5 Å². The predicted octanol–water partition coefficient (Wildman–Crippen LogP) is 3.13. The van der Waals surface area contributed by atoms with Crippen molar-refractivity contribution in [1.29, 1.82) is 0 Å². The van der Waals surface area contributed by atoms with Crippen molar-refractivity contribution >= 4 is 23.0 Å². The number of nitrogens with one attached hydrogen (secondary N) is 1. The molecular weight excluding hydrogens is 248 g/mol. The molecule has 0 atom stereocenters. The summed E-state index contributed by atoms with van der Waals surface area (Å²) in [6, 6.07) is 15.1. The Hall–Kier alpha value is -2.86. The molecule has 0 radical (unpaired) electrons. The third-order valence-electron chi connectivity index (χ3n) is 3.04. The molecule has 0 fully saturated rings. The van der Waals surface area contributed by atoms with E-state index < -0.39 is 0 Å². The maximum atomic E-state index is 12.0. The lowest BCUT2D eigenvalue weighted by atomic mass is 10.1. The van der Waals surface area contributed by atoms with Crippen LogP contribution in [0.3, 0.4) is 0 Å². The normalized spacial score (nSPS) is 14.4. The number of aliphatic imine (C=N–C) groups is 1. The van der Waals surface area contributed by atoms with Crippen molar-refractivity contribution in [2.45, 2.75) is 6.92 Å². The first-order chi connectivity index (χ1) is 9.79. The predicted molar refractivity (Wildman–Crippen MR) is 80.3 cm³/mol. The molecule has 0 unspecified atom stereocenters. The fourth-order valence-electron chi connectivity index (χ4n) is 2.15. The molecule has 20 heavy (non-hydrogen) atoms. The number of carbonyl (C=O) groups excluding carboxylic acids is 1. The Labute approximate surface area is 117 Å². The van der Waals surface area contributed by atoms with E-state index in [0.29, 0.717) is 11.4 Å². The molecule has 96 valence electrons. The molecule has 3 heteroatoms. The number of anilines is 1. The molecule has 0 spiro atoms. The van der Waals surface area contributed by atoms with E-state index in [4.69, 9.17) is 0 Å². The van der Waals surface area contributed by atoms with Crippen molar-refractivity contribution in [1.82, 2.24) is 0 Å². The van der Waals surface area contributed by atoms with Crippen LogP contribution in [0.4, 0.5) is 11.4 Å². The molecule has 0 saturated carbocycles. The number of para-hydroxylation sites is 2. The molecule has 1 N–H and O–H groups in total. The largest absolute Gasteiger partial charge is 0.320 e. The maximum absolute atomic E-state index is 12.0. The highest BCUT2D eigenvalue weighted by Crippen LogP contribution is 2.26. The van der Waals surface area contributed by atoms with Crippen LogP contribution in [0.1, 0.15) is 18.1 Å². The van der Waals surface area contributed by atoms with Gasteiger partial charge in [-0.2, -0.15) is 0 Å². The summed E-state index contributed by atoms with van der Waals surface area (Å²) in [4.78, 5) is 16.5. The molecule has 0 aliphatic carbocycles. The summed E-state index contributed by atoms with van der Waals surface area (Å²) in [5.41, 5.74) is 3.60.